The van der Waals surface area contributed by atoms with Crippen LogP contribution in [0.25, 0.3) is 11.0 Å². The van der Waals surface area contributed by atoms with Gasteiger partial charge in [-0.25, -0.2) is 19.6 Å². The number of fused-ring (bicyclic) bond motifs is 1. The van der Waals surface area contributed by atoms with Crippen molar-refractivity contribution in [3.8, 4) is 11.9 Å². The predicted molar refractivity (Wildman–Crippen MR) is 83.7 cm³/mol. The molecule has 0 radical (unpaired) electrons. The lowest BCUT2D eigenvalue weighted by Gasteiger charge is -2.07. The highest BCUT2D eigenvalue weighted by Crippen LogP contribution is 2.19. The van der Waals surface area contributed by atoms with E-state index in [4.69, 9.17) is 10.00 Å². The van der Waals surface area contributed by atoms with Crippen LogP contribution in [-0.4, -0.2) is 31.8 Å². The van der Waals surface area contributed by atoms with Crippen LogP contribution in [0, 0.1) is 11.3 Å². The minimum atomic E-state index is 0.390. The lowest BCUT2D eigenvalue weighted by Crippen LogP contribution is -2.04. The number of hydrogen-bond acceptors (Lipinski definition) is 7. The number of anilines is 1. The quantitative estimate of drug-likeness (QED) is 0.740. The summed E-state index contributed by atoms with van der Waals surface area (Å²) in [7, 11) is 1.59. The third-order valence-electron chi connectivity index (χ3n) is 3.34. The first-order chi connectivity index (χ1) is 11.3. The standard InChI is InChI=1S/C15H15N7O/c1-23-13-4-3-11(7-17-13)8-18-14-12-9-21-22(6-2-5-16)15(12)20-10-19-14/h3-4,7,9-10H,2,6,8H2,1H3,(H,18,19,20). The number of nitrogens with one attached hydrogen (secondary N) is 1. The van der Waals surface area contributed by atoms with Gasteiger partial charge < -0.3 is 10.1 Å². The highest BCUT2D eigenvalue weighted by atomic mass is 16.5. The fourth-order valence-electron chi connectivity index (χ4n) is 2.18. The summed E-state index contributed by atoms with van der Waals surface area (Å²) in [6.45, 7) is 1.09. The number of aryl methyl sites for hydroxylation is 1. The SMILES string of the molecule is COc1ccc(CNc2ncnc3c2cnn3CCC#N)cn1. The van der Waals surface area contributed by atoms with E-state index in [0.717, 1.165) is 10.9 Å². The second kappa shape index (κ2) is 6.70. The van der Waals surface area contributed by atoms with Crippen molar-refractivity contribution >= 4 is 16.9 Å². The third-order valence-corrected chi connectivity index (χ3v) is 3.34. The highest BCUT2D eigenvalue weighted by Gasteiger charge is 2.09. The average Bonchev–Trinajstić information content (AvgIpc) is 3.02. The predicted octanol–water partition coefficient (Wildman–Crippen LogP) is 1.76. The fraction of sp³-hybridized carbons (Fsp3) is 0.267. The minimum absolute atomic E-state index is 0.390. The molecular formula is C15H15N7O. The summed E-state index contributed by atoms with van der Waals surface area (Å²) in [5.74, 6) is 1.28. The molecule has 3 aromatic heterocycles. The summed E-state index contributed by atoms with van der Waals surface area (Å²) in [5, 5.41) is 17.0. The molecule has 0 aliphatic rings. The van der Waals surface area contributed by atoms with Crippen molar-refractivity contribution in [1.29, 1.82) is 5.26 Å². The molecule has 3 heterocycles. The van der Waals surface area contributed by atoms with Crippen molar-refractivity contribution in [3.63, 3.8) is 0 Å². The van der Waals surface area contributed by atoms with Gasteiger partial charge in [0.2, 0.25) is 5.88 Å². The Labute approximate surface area is 132 Å². The molecule has 0 aromatic carbocycles. The van der Waals surface area contributed by atoms with Crippen LogP contribution < -0.4 is 10.1 Å². The molecule has 0 saturated heterocycles. The Morgan fingerprint density at radius 3 is 2.91 bits per heavy atom. The summed E-state index contributed by atoms with van der Waals surface area (Å²) >= 11 is 0. The van der Waals surface area contributed by atoms with E-state index in [2.05, 4.69) is 31.4 Å². The van der Waals surface area contributed by atoms with Gasteiger partial charge in [-0.15, -0.1) is 0 Å². The van der Waals surface area contributed by atoms with E-state index < -0.39 is 0 Å². The first-order valence-electron chi connectivity index (χ1n) is 7.08. The van der Waals surface area contributed by atoms with Gasteiger partial charge in [-0.3, -0.25) is 0 Å². The van der Waals surface area contributed by atoms with Gasteiger partial charge in [0, 0.05) is 18.8 Å². The number of rotatable bonds is 6. The lowest BCUT2D eigenvalue weighted by molar-refractivity contribution is 0.397. The highest BCUT2D eigenvalue weighted by molar-refractivity contribution is 5.86. The van der Waals surface area contributed by atoms with E-state index in [1.54, 1.807) is 24.2 Å². The number of ether oxygens (including phenoxy) is 1. The van der Waals surface area contributed by atoms with Gasteiger partial charge in [0.25, 0.3) is 0 Å². The number of hydrogen-bond donors (Lipinski definition) is 1. The molecule has 0 atom stereocenters. The van der Waals surface area contributed by atoms with Gasteiger partial charge in [0.15, 0.2) is 5.65 Å². The maximum absolute atomic E-state index is 8.69. The van der Waals surface area contributed by atoms with Gasteiger partial charge in [0.05, 0.1) is 37.7 Å². The van der Waals surface area contributed by atoms with Crippen LogP contribution in [0.2, 0.25) is 0 Å². The number of aromatic nitrogens is 5. The van der Waals surface area contributed by atoms with Crippen molar-refractivity contribution in [1.82, 2.24) is 24.7 Å². The summed E-state index contributed by atoms with van der Waals surface area (Å²) in [5.41, 5.74) is 1.72. The molecule has 0 fully saturated rings. The molecule has 3 rings (SSSR count). The van der Waals surface area contributed by atoms with E-state index in [0.29, 0.717) is 36.9 Å². The van der Waals surface area contributed by atoms with Crippen molar-refractivity contribution < 1.29 is 4.74 Å². The Morgan fingerprint density at radius 1 is 1.26 bits per heavy atom. The van der Waals surface area contributed by atoms with E-state index in [9.17, 15) is 0 Å². The molecule has 8 nitrogen and oxygen atoms in total. The molecule has 8 heteroatoms. The maximum atomic E-state index is 8.69. The van der Waals surface area contributed by atoms with Gasteiger partial charge >= 0.3 is 0 Å². The number of methoxy groups -OCH3 is 1. The molecule has 0 saturated carbocycles. The minimum Gasteiger partial charge on any atom is -0.481 e. The Balaban J connectivity index is 1.77. The first-order valence-corrected chi connectivity index (χ1v) is 7.08. The topological polar surface area (TPSA) is 102 Å². The Hall–Kier alpha value is -3.21. The molecule has 0 aliphatic heterocycles. The van der Waals surface area contributed by atoms with Gasteiger partial charge in [-0.2, -0.15) is 10.4 Å². The summed E-state index contributed by atoms with van der Waals surface area (Å²) in [4.78, 5) is 12.7. The van der Waals surface area contributed by atoms with Crippen molar-refractivity contribution in [3.05, 3.63) is 36.4 Å². The van der Waals surface area contributed by atoms with Crippen molar-refractivity contribution in [2.45, 2.75) is 19.5 Å². The monoisotopic (exact) mass is 309 g/mol. The second-order valence-electron chi connectivity index (χ2n) is 4.80. The Morgan fingerprint density at radius 2 is 2.17 bits per heavy atom. The molecular weight excluding hydrogens is 294 g/mol. The summed E-state index contributed by atoms with van der Waals surface area (Å²) < 4.78 is 6.75. The van der Waals surface area contributed by atoms with Crippen LogP contribution in [-0.2, 0) is 13.1 Å². The molecule has 23 heavy (non-hydrogen) atoms. The molecule has 0 unspecified atom stereocenters. The number of nitrogens with zero attached hydrogens (tertiary/aromatic N) is 6. The lowest BCUT2D eigenvalue weighted by atomic mass is 10.3. The molecule has 0 amide bonds. The number of pyridine rings is 1. The molecule has 116 valence electrons. The van der Waals surface area contributed by atoms with Crippen LogP contribution in [0.1, 0.15) is 12.0 Å². The smallest absolute Gasteiger partial charge is 0.212 e. The van der Waals surface area contributed by atoms with E-state index in [1.165, 1.54) is 6.33 Å². The molecule has 0 aliphatic carbocycles. The summed E-state index contributed by atoms with van der Waals surface area (Å²) in [6.07, 6.45) is 5.34. The van der Waals surface area contributed by atoms with Crippen molar-refractivity contribution in [2.24, 2.45) is 0 Å². The van der Waals surface area contributed by atoms with E-state index >= 15 is 0 Å². The Kier molecular flexibility index (Phi) is 4.29. The van der Waals surface area contributed by atoms with Crippen LogP contribution in [0.4, 0.5) is 5.82 Å². The Bertz CT molecular complexity index is 835. The zero-order valence-corrected chi connectivity index (χ0v) is 12.6. The van der Waals surface area contributed by atoms with Gasteiger partial charge in [-0.1, -0.05) is 6.07 Å². The second-order valence-corrected chi connectivity index (χ2v) is 4.80. The van der Waals surface area contributed by atoms with Crippen LogP contribution in [0.3, 0.4) is 0 Å². The van der Waals surface area contributed by atoms with Gasteiger partial charge in [-0.05, 0) is 5.56 Å². The molecule has 0 spiro atoms. The van der Waals surface area contributed by atoms with E-state index in [-0.39, 0.29) is 0 Å². The average molecular weight is 309 g/mol. The van der Waals surface area contributed by atoms with Gasteiger partial charge in [0.1, 0.15) is 12.1 Å². The van der Waals surface area contributed by atoms with Crippen LogP contribution >= 0.6 is 0 Å². The zero-order chi connectivity index (χ0) is 16.1. The summed E-state index contributed by atoms with van der Waals surface area (Å²) in [6, 6.07) is 5.85. The largest absolute Gasteiger partial charge is 0.481 e. The fourth-order valence-corrected chi connectivity index (χ4v) is 2.18. The van der Waals surface area contributed by atoms with Crippen LogP contribution in [0.5, 0.6) is 5.88 Å². The van der Waals surface area contributed by atoms with Crippen LogP contribution in [0.15, 0.2) is 30.9 Å². The molecule has 0 bridgehead atoms. The maximum Gasteiger partial charge on any atom is 0.212 e. The normalized spacial score (nSPS) is 10.4. The van der Waals surface area contributed by atoms with E-state index in [1.807, 2.05) is 12.1 Å². The molecule has 1 N–H and O–H groups in total. The first kappa shape index (κ1) is 14.7. The molecule has 3 aromatic rings. The van der Waals surface area contributed by atoms with Crippen molar-refractivity contribution in [2.75, 3.05) is 12.4 Å². The zero-order valence-electron chi connectivity index (χ0n) is 12.6. The third kappa shape index (κ3) is 3.18. The number of nitriles is 1.